The Morgan fingerprint density at radius 3 is 2.43 bits per heavy atom. The smallest absolute Gasteiger partial charge is 0.303 e. The van der Waals surface area contributed by atoms with E-state index >= 15 is 0 Å². The molecule has 1 atom stereocenters. The van der Waals surface area contributed by atoms with E-state index in [2.05, 4.69) is 0 Å². The van der Waals surface area contributed by atoms with Crippen LogP contribution in [-0.2, 0) is 9.53 Å². The molecule has 0 heterocycles. The van der Waals surface area contributed by atoms with Crippen molar-refractivity contribution < 1.29 is 14.6 Å². The Labute approximate surface area is 131 Å². The van der Waals surface area contributed by atoms with Crippen LogP contribution in [0.4, 0.5) is 0 Å². The van der Waals surface area contributed by atoms with Crippen molar-refractivity contribution >= 4 is 17.6 Å². The molecule has 0 saturated heterocycles. The van der Waals surface area contributed by atoms with E-state index in [1.165, 1.54) is 0 Å². The average molecular weight is 311 g/mol. The van der Waals surface area contributed by atoms with Crippen LogP contribution in [0.15, 0.2) is 24.3 Å². The van der Waals surface area contributed by atoms with Gasteiger partial charge >= 0.3 is 5.97 Å². The number of carbonyl (C=O) groups is 1. The first-order chi connectivity index (χ1) is 10.1. The van der Waals surface area contributed by atoms with Crippen molar-refractivity contribution in [3.63, 3.8) is 0 Å². The predicted molar refractivity (Wildman–Crippen MR) is 83.8 cm³/mol. The number of rotatable bonds is 6. The number of ether oxygens (including phenoxy) is 1. The van der Waals surface area contributed by atoms with Crippen molar-refractivity contribution in [2.24, 2.45) is 5.92 Å². The number of hydrogen-bond acceptors (Lipinski definition) is 2. The highest BCUT2D eigenvalue weighted by Crippen LogP contribution is 2.39. The molecule has 0 spiro atoms. The molecule has 4 heteroatoms. The third-order valence-electron chi connectivity index (χ3n) is 4.38. The molecular formula is C17H23ClO3. The standard InChI is InChI=1S/C17H23ClO3/c1-2-21-15-9-5-13(6-10-15)16(11-17(19)20)12-3-7-14(18)8-4-12/h3-4,7-8,13,15-16H,2,5-6,9-11H2,1H3,(H,19,20)/t13-,15-,16-/m0/s1. The van der Waals surface area contributed by atoms with Crippen molar-refractivity contribution in [2.45, 2.75) is 51.0 Å². The van der Waals surface area contributed by atoms with Gasteiger partial charge in [0.15, 0.2) is 0 Å². The maximum atomic E-state index is 11.2. The maximum Gasteiger partial charge on any atom is 0.303 e. The molecule has 1 saturated carbocycles. The highest BCUT2D eigenvalue weighted by atomic mass is 35.5. The van der Waals surface area contributed by atoms with Gasteiger partial charge in [0, 0.05) is 11.6 Å². The molecule has 1 aromatic carbocycles. The molecule has 1 aliphatic rings. The number of halogens is 1. The molecule has 0 aliphatic heterocycles. The van der Waals surface area contributed by atoms with Crippen LogP contribution in [0.5, 0.6) is 0 Å². The molecule has 3 nitrogen and oxygen atoms in total. The summed E-state index contributed by atoms with van der Waals surface area (Å²) in [6.45, 7) is 2.78. The summed E-state index contributed by atoms with van der Waals surface area (Å²) in [7, 11) is 0. The minimum atomic E-state index is -0.734. The van der Waals surface area contributed by atoms with E-state index in [1.54, 1.807) is 0 Å². The van der Waals surface area contributed by atoms with Gasteiger partial charge in [0.05, 0.1) is 12.5 Å². The second kappa shape index (κ2) is 7.81. The fraction of sp³-hybridized carbons (Fsp3) is 0.588. The largest absolute Gasteiger partial charge is 0.481 e. The van der Waals surface area contributed by atoms with E-state index < -0.39 is 5.97 Å². The van der Waals surface area contributed by atoms with Crippen LogP contribution in [0.3, 0.4) is 0 Å². The van der Waals surface area contributed by atoms with Gasteiger partial charge in [-0.1, -0.05) is 23.7 Å². The van der Waals surface area contributed by atoms with Gasteiger partial charge in [-0.2, -0.15) is 0 Å². The summed E-state index contributed by atoms with van der Waals surface area (Å²) in [5.74, 6) is -0.247. The molecule has 1 fully saturated rings. The minimum absolute atomic E-state index is 0.0716. The third kappa shape index (κ3) is 4.72. The topological polar surface area (TPSA) is 46.5 Å². The SMILES string of the molecule is CCO[C@H]1CC[C@H]([C@@H](CC(=O)O)c2ccc(Cl)cc2)CC1. The van der Waals surface area contributed by atoms with E-state index in [1.807, 2.05) is 31.2 Å². The van der Waals surface area contributed by atoms with E-state index in [0.717, 1.165) is 37.9 Å². The van der Waals surface area contributed by atoms with E-state index in [4.69, 9.17) is 16.3 Å². The molecule has 0 aromatic heterocycles. The molecule has 2 rings (SSSR count). The zero-order chi connectivity index (χ0) is 15.2. The van der Waals surface area contributed by atoms with Crippen LogP contribution in [0.25, 0.3) is 0 Å². The average Bonchev–Trinajstić information content (AvgIpc) is 2.47. The Morgan fingerprint density at radius 2 is 1.90 bits per heavy atom. The Bertz CT molecular complexity index is 450. The van der Waals surface area contributed by atoms with Crippen molar-refractivity contribution in [1.29, 1.82) is 0 Å². The Morgan fingerprint density at radius 1 is 1.29 bits per heavy atom. The number of benzene rings is 1. The monoisotopic (exact) mass is 310 g/mol. The van der Waals surface area contributed by atoms with E-state index in [0.29, 0.717) is 17.0 Å². The number of carboxylic acids is 1. The van der Waals surface area contributed by atoms with Crippen LogP contribution >= 0.6 is 11.6 Å². The Kier molecular flexibility index (Phi) is 6.07. The van der Waals surface area contributed by atoms with Gasteiger partial charge in [-0.15, -0.1) is 0 Å². The number of hydrogen-bond donors (Lipinski definition) is 1. The fourth-order valence-corrected chi connectivity index (χ4v) is 3.47. The molecule has 1 N–H and O–H groups in total. The first-order valence-electron chi connectivity index (χ1n) is 7.69. The third-order valence-corrected chi connectivity index (χ3v) is 4.63. The van der Waals surface area contributed by atoms with E-state index in [9.17, 15) is 9.90 Å². The van der Waals surface area contributed by atoms with Crippen molar-refractivity contribution in [3.8, 4) is 0 Å². The molecule has 0 bridgehead atoms. The Balaban J connectivity index is 2.06. The normalized spacial score (nSPS) is 23.7. The lowest BCUT2D eigenvalue weighted by Crippen LogP contribution is -2.26. The summed E-state index contributed by atoms with van der Waals surface area (Å²) in [4.78, 5) is 11.2. The summed E-state index contributed by atoms with van der Waals surface area (Å²) in [5.41, 5.74) is 1.08. The minimum Gasteiger partial charge on any atom is -0.481 e. The van der Waals surface area contributed by atoms with Gasteiger partial charge in [0.25, 0.3) is 0 Å². The van der Waals surface area contributed by atoms with Crippen LogP contribution < -0.4 is 0 Å². The maximum absolute atomic E-state index is 11.2. The second-order valence-electron chi connectivity index (χ2n) is 5.75. The van der Waals surface area contributed by atoms with Gasteiger partial charge in [0.1, 0.15) is 0 Å². The van der Waals surface area contributed by atoms with Gasteiger partial charge < -0.3 is 9.84 Å². The fourth-order valence-electron chi connectivity index (χ4n) is 3.35. The highest BCUT2D eigenvalue weighted by molar-refractivity contribution is 6.30. The summed E-state index contributed by atoms with van der Waals surface area (Å²) >= 11 is 5.93. The first-order valence-corrected chi connectivity index (χ1v) is 8.06. The van der Waals surface area contributed by atoms with Crippen LogP contribution in [0, 0.1) is 5.92 Å². The first kappa shape index (κ1) is 16.3. The number of aliphatic carboxylic acids is 1. The Hall–Kier alpha value is -1.06. The van der Waals surface area contributed by atoms with Crippen LogP contribution in [0.2, 0.25) is 5.02 Å². The lowest BCUT2D eigenvalue weighted by molar-refractivity contribution is -0.137. The predicted octanol–water partition coefficient (Wildman–Crippen LogP) is 4.49. The van der Waals surface area contributed by atoms with Crippen molar-refractivity contribution in [1.82, 2.24) is 0 Å². The quantitative estimate of drug-likeness (QED) is 0.842. The van der Waals surface area contributed by atoms with Crippen LogP contribution in [0.1, 0.15) is 50.5 Å². The molecule has 1 aromatic rings. The summed E-state index contributed by atoms with van der Waals surface area (Å²) in [6, 6.07) is 7.62. The van der Waals surface area contributed by atoms with Crippen molar-refractivity contribution in [2.75, 3.05) is 6.61 Å². The van der Waals surface area contributed by atoms with Gasteiger partial charge in [-0.25, -0.2) is 0 Å². The van der Waals surface area contributed by atoms with Gasteiger partial charge in [-0.3, -0.25) is 4.79 Å². The molecule has 0 radical (unpaired) electrons. The lowest BCUT2D eigenvalue weighted by Gasteiger charge is -2.33. The zero-order valence-corrected chi connectivity index (χ0v) is 13.2. The zero-order valence-electron chi connectivity index (χ0n) is 12.4. The molecule has 1 aliphatic carbocycles. The van der Waals surface area contributed by atoms with E-state index in [-0.39, 0.29) is 12.3 Å². The molecule has 0 amide bonds. The van der Waals surface area contributed by atoms with Crippen molar-refractivity contribution in [3.05, 3.63) is 34.9 Å². The van der Waals surface area contributed by atoms with Gasteiger partial charge in [-0.05, 0) is 62.1 Å². The van der Waals surface area contributed by atoms with Crippen LogP contribution in [-0.4, -0.2) is 23.8 Å². The second-order valence-corrected chi connectivity index (χ2v) is 6.18. The highest BCUT2D eigenvalue weighted by Gasteiger charge is 2.30. The summed E-state index contributed by atoms with van der Waals surface area (Å²) < 4.78 is 5.68. The lowest BCUT2D eigenvalue weighted by atomic mass is 9.74. The molecule has 21 heavy (non-hydrogen) atoms. The molecule has 0 unspecified atom stereocenters. The van der Waals surface area contributed by atoms with Gasteiger partial charge in [0.2, 0.25) is 0 Å². The summed E-state index contributed by atoms with van der Waals surface area (Å²) in [5, 5.41) is 9.90. The number of carboxylic acid groups (broad SMARTS) is 1. The molecular weight excluding hydrogens is 288 g/mol. The summed E-state index contributed by atoms with van der Waals surface area (Å²) in [6.07, 6.45) is 4.66. The molecule has 116 valence electrons.